The molecular weight excluding hydrogens is 366 g/mol. The molecule has 150 valence electrons. The average molecular weight is 391 g/mol. The predicted molar refractivity (Wildman–Crippen MR) is 113 cm³/mol. The lowest BCUT2D eigenvalue weighted by molar-refractivity contribution is 0.208. The smallest absolute Gasteiger partial charge is 0.321 e. The van der Waals surface area contributed by atoms with Gasteiger partial charge in [0, 0.05) is 50.0 Å². The lowest BCUT2D eigenvalue weighted by Gasteiger charge is -2.36. The minimum absolute atomic E-state index is 0.0422. The van der Waals surface area contributed by atoms with E-state index in [1.54, 1.807) is 6.92 Å². The fourth-order valence-electron chi connectivity index (χ4n) is 3.55. The molecule has 0 atom stereocenters. The van der Waals surface area contributed by atoms with Crippen LogP contribution in [0.2, 0.25) is 0 Å². The maximum absolute atomic E-state index is 12.6. The van der Waals surface area contributed by atoms with Gasteiger partial charge >= 0.3 is 6.03 Å². The minimum atomic E-state index is -0.0422. The number of piperazine rings is 1. The Labute approximate surface area is 170 Å². The first-order chi connectivity index (χ1) is 14.0. The topological polar surface area (TPSA) is 74.5 Å². The number of hydrogen-bond donors (Lipinski definition) is 1. The summed E-state index contributed by atoms with van der Waals surface area (Å²) in [7, 11) is 0. The number of urea groups is 1. The molecule has 3 aromatic rings. The van der Waals surface area contributed by atoms with E-state index >= 15 is 0 Å². The number of benzene rings is 2. The molecule has 1 N–H and O–H groups in total. The van der Waals surface area contributed by atoms with Crippen molar-refractivity contribution in [1.29, 1.82) is 0 Å². The standard InChI is InChI=1S/C22H25N5O2/c1-15-4-9-20(16(2)14-15)24-22(28)27-12-10-26(11-13-27)19-7-5-18(6-8-19)21-23-17(3)29-25-21/h4-9,14H,10-13H2,1-3H3,(H,24,28). The number of nitrogens with one attached hydrogen (secondary N) is 1. The number of carbonyl (C=O) groups excluding carboxylic acids is 1. The van der Waals surface area contributed by atoms with Gasteiger partial charge in [-0.1, -0.05) is 22.9 Å². The highest BCUT2D eigenvalue weighted by atomic mass is 16.5. The monoisotopic (exact) mass is 391 g/mol. The Morgan fingerprint density at radius 2 is 1.72 bits per heavy atom. The third kappa shape index (κ3) is 4.23. The Bertz CT molecular complexity index is 1000. The van der Waals surface area contributed by atoms with Crippen molar-refractivity contribution in [3.63, 3.8) is 0 Å². The van der Waals surface area contributed by atoms with Crippen LogP contribution in [0.4, 0.5) is 16.2 Å². The second kappa shape index (κ2) is 7.95. The van der Waals surface area contributed by atoms with Gasteiger partial charge < -0.3 is 19.6 Å². The number of aromatic nitrogens is 2. The van der Waals surface area contributed by atoms with Gasteiger partial charge in [-0.15, -0.1) is 0 Å². The number of aryl methyl sites for hydroxylation is 3. The van der Waals surface area contributed by atoms with Crippen molar-refractivity contribution in [1.82, 2.24) is 15.0 Å². The summed E-state index contributed by atoms with van der Waals surface area (Å²) in [6.45, 7) is 8.79. The molecule has 1 saturated heterocycles. The molecule has 7 heteroatoms. The van der Waals surface area contributed by atoms with Gasteiger partial charge in [-0.05, 0) is 49.7 Å². The van der Waals surface area contributed by atoms with Crippen LogP contribution in [0.25, 0.3) is 11.4 Å². The van der Waals surface area contributed by atoms with Crippen LogP contribution in [0, 0.1) is 20.8 Å². The maximum Gasteiger partial charge on any atom is 0.321 e. The molecule has 2 amide bonds. The molecule has 4 rings (SSSR count). The van der Waals surface area contributed by atoms with E-state index in [9.17, 15) is 4.79 Å². The fraction of sp³-hybridized carbons (Fsp3) is 0.318. The van der Waals surface area contributed by atoms with Crippen molar-refractivity contribution < 1.29 is 9.32 Å². The Morgan fingerprint density at radius 1 is 1.00 bits per heavy atom. The van der Waals surface area contributed by atoms with E-state index in [0.29, 0.717) is 24.8 Å². The molecule has 1 aromatic heterocycles. The summed E-state index contributed by atoms with van der Waals surface area (Å²) in [5, 5.41) is 6.99. The normalized spacial score (nSPS) is 14.2. The summed E-state index contributed by atoms with van der Waals surface area (Å²) in [6.07, 6.45) is 0. The summed E-state index contributed by atoms with van der Waals surface area (Å²) in [6, 6.07) is 14.1. The SMILES string of the molecule is Cc1ccc(NC(=O)N2CCN(c3ccc(-c4noc(C)n4)cc3)CC2)c(C)c1. The molecule has 0 bridgehead atoms. The van der Waals surface area contributed by atoms with Crippen LogP contribution in [0.15, 0.2) is 47.0 Å². The zero-order chi connectivity index (χ0) is 20.4. The second-order valence-electron chi connectivity index (χ2n) is 7.41. The number of carbonyl (C=O) groups is 1. The molecule has 0 aliphatic carbocycles. The summed E-state index contributed by atoms with van der Waals surface area (Å²) in [5.74, 6) is 1.15. The van der Waals surface area contributed by atoms with Gasteiger partial charge in [-0.3, -0.25) is 0 Å². The van der Waals surface area contributed by atoms with Crippen molar-refractivity contribution in [3.8, 4) is 11.4 Å². The maximum atomic E-state index is 12.6. The molecule has 7 nitrogen and oxygen atoms in total. The molecule has 29 heavy (non-hydrogen) atoms. The molecule has 1 aliphatic rings. The number of rotatable bonds is 3. The van der Waals surface area contributed by atoms with E-state index in [2.05, 4.69) is 38.6 Å². The molecule has 1 aliphatic heterocycles. The van der Waals surface area contributed by atoms with Crippen molar-refractivity contribution in [2.24, 2.45) is 0 Å². The van der Waals surface area contributed by atoms with Gasteiger partial charge in [0.1, 0.15) is 0 Å². The van der Waals surface area contributed by atoms with Gasteiger partial charge in [0.05, 0.1) is 0 Å². The van der Waals surface area contributed by atoms with E-state index in [1.165, 1.54) is 5.56 Å². The van der Waals surface area contributed by atoms with E-state index < -0.39 is 0 Å². The van der Waals surface area contributed by atoms with Crippen LogP contribution in [0.1, 0.15) is 17.0 Å². The number of amides is 2. The highest BCUT2D eigenvalue weighted by molar-refractivity contribution is 5.90. The summed E-state index contributed by atoms with van der Waals surface area (Å²) < 4.78 is 5.04. The van der Waals surface area contributed by atoms with E-state index in [0.717, 1.165) is 35.6 Å². The van der Waals surface area contributed by atoms with Crippen LogP contribution >= 0.6 is 0 Å². The molecule has 1 fully saturated rings. The zero-order valence-corrected chi connectivity index (χ0v) is 17.0. The molecule has 2 aromatic carbocycles. The van der Waals surface area contributed by atoms with Crippen LogP contribution in [-0.4, -0.2) is 47.3 Å². The molecule has 0 radical (unpaired) electrons. The second-order valence-corrected chi connectivity index (χ2v) is 7.41. The third-order valence-corrected chi connectivity index (χ3v) is 5.21. The van der Waals surface area contributed by atoms with Gasteiger partial charge in [0.2, 0.25) is 11.7 Å². The van der Waals surface area contributed by atoms with Crippen molar-refractivity contribution in [2.45, 2.75) is 20.8 Å². The molecular formula is C22H25N5O2. The summed E-state index contributed by atoms with van der Waals surface area (Å²) in [4.78, 5) is 21.0. The lowest BCUT2D eigenvalue weighted by Crippen LogP contribution is -2.50. The minimum Gasteiger partial charge on any atom is -0.368 e. The Balaban J connectivity index is 1.34. The van der Waals surface area contributed by atoms with E-state index in [1.807, 2.05) is 43.0 Å². The highest BCUT2D eigenvalue weighted by Gasteiger charge is 2.22. The van der Waals surface area contributed by atoms with Gasteiger partial charge in [0.25, 0.3) is 0 Å². The van der Waals surface area contributed by atoms with Crippen molar-refractivity contribution in [2.75, 3.05) is 36.4 Å². The first-order valence-corrected chi connectivity index (χ1v) is 9.78. The van der Waals surface area contributed by atoms with Gasteiger partial charge in [-0.2, -0.15) is 4.98 Å². The molecule has 2 heterocycles. The van der Waals surface area contributed by atoms with Crippen LogP contribution in [0.5, 0.6) is 0 Å². The number of nitrogens with zero attached hydrogens (tertiary/aromatic N) is 4. The third-order valence-electron chi connectivity index (χ3n) is 5.21. The molecule has 0 saturated carbocycles. The van der Waals surface area contributed by atoms with Crippen LogP contribution in [0.3, 0.4) is 0 Å². The first kappa shape index (κ1) is 19.0. The Hall–Kier alpha value is -3.35. The first-order valence-electron chi connectivity index (χ1n) is 9.78. The van der Waals surface area contributed by atoms with Gasteiger partial charge in [0.15, 0.2) is 0 Å². The number of hydrogen-bond acceptors (Lipinski definition) is 5. The summed E-state index contributed by atoms with van der Waals surface area (Å²) >= 11 is 0. The van der Waals surface area contributed by atoms with Crippen molar-refractivity contribution >= 4 is 17.4 Å². The average Bonchev–Trinajstić information content (AvgIpc) is 3.17. The summed E-state index contributed by atoms with van der Waals surface area (Å²) in [5.41, 5.74) is 5.19. The largest absolute Gasteiger partial charge is 0.368 e. The van der Waals surface area contributed by atoms with Crippen LogP contribution in [-0.2, 0) is 0 Å². The van der Waals surface area contributed by atoms with E-state index in [-0.39, 0.29) is 6.03 Å². The zero-order valence-electron chi connectivity index (χ0n) is 17.0. The highest BCUT2D eigenvalue weighted by Crippen LogP contribution is 2.23. The molecule has 0 spiro atoms. The Morgan fingerprint density at radius 3 is 2.34 bits per heavy atom. The van der Waals surface area contributed by atoms with Crippen molar-refractivity contribution in [3.05, 3.63) is 59.5 Å². The van der Waals surface area contributed by atoms with E-state index in [4.69, 9.17) is 4.52 Å². The van der Waals surface area contributed by atoms with Gasteiger partial charge in [-0.25, -0.2) is 4.79 Å². The number of anilines is 2. The lowest BCUT2D eigenvalue weighted by atomic mass is 10.1. The Kier molecular flexibility index (Phi) is 5.20. The predicted octanol–water partition coefficient (Wildman–Crippen LogP) is 4.02. The molecule has 0 unspecified atom stereocenters. The fourth-order valence-corrected chi connectivity index (χ4v) is 3.55. The quantitative estimate of drug-likeness (QED) is 0.730. The van der Waals surface area contributed by atoms with Crippen LogP contribution < -0.4 is 10.2 Å².